The molecule has 1 nitrogen and oxygen atoms in total. The Morgan fingerprint density at radius 2 is 1.78 bits per heavy atom. The summed E-state index contributed by atoms with van der Waals surface area (Å²) in [5.41, 5.74) is 2.50. The summed E-state index contributed by atoms with van der Waals surface area (Å²) in [7, 11) is 0. The van der Waals surface area contributed by atoms with Crippen LogP contribution in [0.25, 0.3) is 0 Å². The summed E-state index contributed by atoms with van der Waals surface area (Å²) in [6, 6.07) is 16.5. The van der Waals surface area contributed by atoms with Gasteiger partial charge in [0.2, 0.25) is 0 Å². The van der Waals surface area contributed by atoms with E-state index in [1.54, 1.807) is 0 Å². The quantitative estimate of drug-likeness (QED) is 0.838. The highest BCUT2D eigenvalue weighted by atomic mass is 79.9. The Kier molecular flexibility index (Phi) is 4.81. The first-order chi connectivity index (χ1) is 8.66. The van der Waals surface area contributed by atoms with Crippen LogP contribution in [0.3, 0.4) is 0 Å². The Bertz CT molecular complexity index is 510. The van der Waals surface area contributed by atoms with Gasteiger partial charge in [0.05, 0.1) is 0 Å². The molecule has 0 aliphatic rings. The maximum atomic E-state index is 5.86. The van der Waals surface area contributed by atoms with E-state index in [0.29, 0.717) is 6.04 Å². The van der Waals surface area contributed by atoms with Gasteiger partial charge in [-0.05, 0) is 36.2 Å². The van der Waals surface area contributed by atoms with Gasteiger partial charge in [-0.1, -0.05) is 57.9 Å². The number of hydrogen-bond donors (Lipinski definition) is 1. The minimum absolute atomic E-state index is 0.302. The molecule has 0 heterocycles. The van der Waals surface area contributed by atoms with Gasteiger partial charge in [0.25, 0.3) is 0 Å². The van der Waals surface area contributed by atoms with Crippen LogP contribution in [-0.4, -0.2) is 0 Å². The van der Waals surface area contributed by atoms with Crippen LogP contribution in [0.5, 0.6) is 0 Å². The van der Waals surface area contributed by atoms with Gasteiger partial charge in [-0.3, -0.25) is 0 Å². The zero-order chi connectivity index (χ0) is 13.0. The van der Waals surface area contributed by atoms with Crippen molar-refractivity contribution in [2.75, 3.05) is 0 Å². The van der Waals surface area contributed by atoms with Crippen molar-refractivity contribution in [3.63, 3.8) is 0 Å². The van der Waals surface area contributed by atoms with Crippen LogP contribution >= 0.6 is 27.5 Å². The van der Waals surface area contributed by atoms with Crippen molar-refractivity contribution in [1.29, 1.82) is 0 Å². The fourth-order valence-corrected chi connectivity index (χ4v) is 2.56. The molecule has 94 valence electrons. The fraction of sp³-hybridized carbons (Fsp3) is 0.200. The molecule has 0 radical (unpaired) electrons. The monoisotopic (exact) mass is 323 g/mol. The average molecular weight is 325 g/mol. The van der Waals surface area contributed by atoms with E-state index in [-0.39, 0.29) is 0 Å². The van der Waals surface area contributed by atoms with Crippen molar-refractivity contribution in [2.45, 2.75) is 19.5 Å². The van der Waals surface area contributed by atoms with E-state index in [1.807, 2.05) is 30.3 Å². The summed E-state index contributed by atoms with van der Waals surface area (Å²) >= 11 is 9.44. The lowest BCUT2D eigenvalue weighted by Crippen LogP contribution is -2.18. The molecule has 0 aromatic heterocycles. The van der Waals surface area contributed by atoms with Gasteiger partial charge in [0.1, 0.15) is 0 Å². The van der Waals surface area contributed by atoms with Gasteiger partial charge >= 0.3 is 0 Å². The van der Waals surface area contributed by atoms with Crippen molar-refractivity contribution >= 4 is 27.5 Å². The number of hydrogen-bond acceptors (Lipinski definition) is 1. The molecule has 0 aliphatic carbocycles. The van der Waals surface area contributed by atoms with E-state index < -0.39 is 0 Å². The van der Waals surface area contributed by atoms with Gasteiger partial charge in [-0.2, -0.15) is 0 Å². The van der Waals surface area contributed by atoms with Crippen LogP contribution in [-0.2, 0) is 6.54 Å². The first kappa shape index (κ1) is 13.6. The van der Waals surface area contributed by atoms with Crippen molar-refractivity contribution in [3.05, 3.63) is 69.2 Å². The molecule has 0 saturated carbocycles. The maximum absolute atomic E-state index is 5.86. The SMILES string of the molecule is CC(NCc1ccc(Cl)cc1)c1ccccc1Br. The zero-order valence-corrected chi connectivity index (χ0v) is 12.5. The Hall–Kier alpha value is -0.830. The van der Waals surface area contributed by atoms with Crippen molar-refractivity contribution in [2.24, 2.45) is 0 Å². The van der Waals surface area contributed by atoms with E-state index >= 15 is 0 Å². The smallest absolute Gasteiger partial charge is 0.0406 e. The number of rotatable bonds is 4. The minimum atomic E-state index is 0.302. The van der Waals surface area contributed by atoms with Gasteiger partial charge in [0, 0.05) is 22.1 Å². The predicted octanol–water partition coefficient (Wildman–Crippen LogP) is 4.95. The maximum Gasteiger partial charge on any atom is 0.0406 e. The molecule has 1 unspecified atom stereocenters. The van der Waals surface area contributed by atoms with Gasteiger partial charge in [0.15, 0.2) is 0 Å². The molecule has 2 rings (SSSR count). The summed E-state index contributed by atoms with van der Waals surface area (Å²) in [5, 5.41) is 4.28. The lowest BCUT2D eigenvalue weighted by atomic mass is 10.1. The second-order valence-corrected chi connectivity index (χ2v) is 5.54. The molecule has 0 aliphatic heterocycles. The van der Waals surface area contributed by atoms with Crippen LogP contribution in [0.2, 0.25) is 5.02 Å². The Morgan fingerprint density at radius 3 is 2.44 bits per heavy atom. The molecule has 1 N–H and O–H groups in total. The predicted molar refractivity (Wildman–Crippen MR) is 80.8 cm³/mol. The Morgan fingerprint density at radius 1 is 1.11 bits per heavy atom. The molecule has 2 aromatic carbocycles. The zero-order valence-electron chi connectivity index (χ0n) is 10.2. The molecule has 2 aromatic rings. The number of benzene rings is 2. The number of halogens is 2. The van der Waals surface area contributed by atoms with E-state index in [2.05, 4.69) is 46.4 Å². The van der Waals surface area contributed by atoms with Gasteiger partial charge in [-0.25, -0.2) is 0 Å². The van der Waals surface area contributed by atoms with Crippen molar-refractivity contribution < 1.29 is 0 Å². The molecule has 0 amide bonds. The molecule has 0 fully saturated rings. The van der Waals surface area contributed by atoms with Crippen LogP contribution in [0, 0.1) is 0 Å². The highest BCUT2D eigenvalue weighted by Crippen LogP contribution is 2.23. The van der Waals surface area contributed by atoms with E-state index in [4.69, 9.17) is 11.6 Å². The first-order valence-corrected chi connectivity index (χ1v) is 7.06. The van der Waals surface area contributed by atoms with Gasteiger partial charge in [-0.15, -0.1) is 0 Å². The molecule has 0 spiro atoms. The molecule has 18 heavy (non-hydrogen) atoms. The molecule has 0 bridgehead atoms. The topological polar surface area (TPSA) is 12.0 Å². The molecule has 3 heteroatoms. The summed E-state index contributed by atoms with van der Waals surface area (Å²) in [6.45, 7) is 3.00. The van der Waals surface area contributed by atoms with Crippen molar-refractivity contribution in [1.82, 2.24) is 5.32 Å². The highest BCUT2D eigenvalue weighted by Gasteiger charge is 2.07. The lowest BCUT2D eigenvalue weighted by molar-refractivity contribution is 0.573. The van der Waals surface area contributed by atoms with Crippen LogP contribution in [0.4, 0.5) is 0 Å². The van der Waals surface area contributed by atoms with Crippen molar-refractivity contribution in [3.8, 4) is 0 Å². The van der Waals surface area contributed by atoms with Crippen LogP contribution in [0.15, 0.2) is 53.0 Å². The van der Waals surface area contributed by atoms with E-state index in [1.165, 1.54) is 11.1 Å². The fourth-order valence-electron chi connectivity index (χ4n) is 1.81. The third-order valence-electron chi connectivity index (χ3n) is 2.90. The van der Waals surface area contributed by atoms with E-state index in [9.17, 15) is 0 Å². The highest BCUT2D eigenvalue weighted by molar-refractivity contribution is 9.10. The Labute approximate surface area is 121 Å². The molecule has 0 saturated heterocycles. The largest absolute Gasteiger partial charge is 0.306 e. The Balaban J connectivity index is 1.98. The third-order valence-corrected chi connectivity index (χ3v) is 3.87. The summed E-state index contributed by atoms with van der Waals surface area (Å²) in [5.74, 6) is 0. The normalized spacial score (nSPS) is 12.4. The van der Waals surface area contributed by atoms with Crippen LogP contribution in [0.1, 0.15) is 24.1 Å². The van der Waals surface area contributed by atoms with Gasteiger partial charge < -0.3 is 5.32 Å². The van der Waals surface area contributed by atoms with Crippen LogP contribution < -0.4 is 5.32 Å². The summed E-state index contributed by atoms with van der Waals surface area (Å²) in [6.07, 6.45) is 0. The average Bonchev–Trinajstić information content (AvgIpc) is 2.38. The second-order valence-electron chi connectivity index (χ2n) is 4.25. The number of nitrogens with one attached hydrogen (secondary N) is 1. The third kappa shape index (κ3) is 3.58. The summed E-state index contributed by atoms with van der Waals surface area (Å²) < 4.78 is 1.14. The van der Waals surface area contributed by atoms with E-state index in [0.717, 1.165) is 16.0 Å². The standard InChI is InChI=1S/C15H15BrClN/c1-11(14-4-2-3-5-15(14)16)18-10-12-6-8-13(17)9-7-12/h2-9,11,18H,10H2,1H3. The molecule has 1 atom stereocenters. The lowest BCUT2D eigenvalue weighted by Gasteiger charge is -2.15. The molecular weight excluding hydrogens is 310 g/mol. The first-order valence-electron chi connectivity index (χ1n) is 5.89. The second kappa shape index (κ2) is 6.37. The summed E-state index contributed by atoms with van der Waals surface area (Å²) in [4.78, 5) is 0. The minimum Gasteiger partial charge on any atom is -0.306 e. The molecular formula is C15H15BrClN.